The topological polar surface area (TPSA) is 0 Å². The van der Waals surface area contributed by atoms with Crippen LogP contribution < -0.4 is 0 Å². The van der Waals surface area contributed by atoms with Crippen molar-refractivity contribution < 1.29 is 13.2 Å². The zero-order chi connectivity index (χ0) is 9.95. The molecule has 0 nitrogen and oxygen atoms in total. The molecule has 13 heavy (non-hydrogen) atoms. The molecule has 0 aromatic carbocycles. The molecule has 0 aromatic heterocycles. The first-order valence-corrected chi connectivity index (χ1v) is 4.98. The summed E-state index contributed by atoms with van der Waals surface area (Å²) in [6.45, 7) is 2.12. The molecular formula is C10H17F3. The Hall–Kier alpha value is -0.210. The van der Waals surface area contributed by atoms with Gasteiger partial charge in [0.15, 0.2) is 0 Å². The average molecular weight is 194 g/mol. The molecule has 0 saturated heterocycles. The Bertz CT molecular complexity index is 154. The second kappa shape index (κ2) is 3.89. The van der Waals surface area contributed by atoms with Gasteiger partial charge in [-0.15, -0.1) is 0 Å². The third-order valence-corrected chi connectivity index (χ3v) is 3.05. The van der Waals surface area contributed by atoms with E-state index in [1.165, 1.54) is 12.8 Å². The number of alkyl halides is 3. The van der Waals surface area contributed by atoms with E-state index in [0.29, 0.717) is 6.42 Å². The molecule has 1 fully saturated rings. The predicted molar refractivity (Wildman–Crippen MR) is 46.5 cm³/mol. The lowest BCUT2D eigenvalue weighted by atomic mass is 9.83. The summed E-state index contributed by atoms with van der Waals surface area (Å²) in [4.78, 5) is 0. The first kappa shape index (κ1) is 10.9. The van der Waals surface area contributed by atoms with Gasteiger partial charge in [-0.2, -0.15) is 13.2 Å². The molecule has 1 aliphatic carbocycles. The van der Waals surface area contributed by atoms with Crippen molar-refractivity contribution in [2.45, 2.75) is 58.0 Å². The Balaban J connectivity index is 2.18. The summed E-state index contributed by atoms with van der Waals surface area (Å²) in [6.07, 6.45) is 1.10. The molecule has 0 aliphatic heterocycles. The lowest BCUT2D eigenvalue weighted by Gasteiger charge is -2.23. The van der Waals surface area contributed by atoms with Crippen LogP contribution in [0.3, 0.4) is 0 Å². The van der Waals surface area contributed by atoms with E-state index >= 15 is 0 Å². The Kier molecular flexibility index (Phi) is 3.25. The van der Waals surface area contributed by atoms with Gasteiger partial charge in [-0.3, -0.25) is 0 Å². The molecule has 0 spiro atoms. The maximum absolute atomic E-state index is 11.9. The van der Waals surface area contributed by atoms with E-state index in [0.717, 1.165) is 19.3 Å². The van der Waals surface area contributed by atoms with Gasteiger partial charge in [0, 0.05) is 6.42 Å². The highest BCUT2D eigenvalue weighted by Crippen LogP contribution is 2.42. The van der Waals surface area contributed by atoms with Crippen LogP contribution in [0.25, 0.3) is 0 Å². The fourth-order valence-electron chi connectivity index (χ4n) is 2.19. The highest BCUT2D eigenvalue weighted by atomic mass is 19.4. The minimum absolute atomic E-state index is 0.214. The highest BCUT2D eigenvalue weighted by Gasteiger charge is 2.31. The quantitative estimate of drug-likeness (QED) is 0.628. The van der Waals surface area contributed by atoms with Crippen LogP contribution in [-0.4, -0.2) is 6.18 Å². The van der Waals surface area contributed by atoms with Gasteiger partial charge >= 0.3 is 6.18 Å². The smallest absolute Gasteiger partial charge is 0.171 e. The van der Waals surface area contributed by atoms with E-state index in [-0.39, 0.29) is 5.41 Å². The summed E-state index contributed by atoms with van der Waals surface area (Å²) in [5.41, 5.74) is 0.214. The lowest BCUT2D eigenvalue weighted by Crippen LogP contribution is -2.13. The second-order valence-corrected chi connectivity index (χ2v) is 4.49. The van der Waals surface area contributed by atoms with Gasteiger partial charge in [0.2, 0.25) is 0 Å². The Labute approximate surface area is 77.5 Å². The van der Waals surface area contributed by atoms with Crippen molar-refractivity contribution in [1.82, 2.24) is 0 Å². The SMILES string of the molecule is CC1(CCCC(F)(F)F)CCCC1. The maximum Gasteiger partial charge on any atom is 0.389 e. The Morgan fingerprint density at radius 3 is 2.15 bits per heavy atom. The lowest BCUT2D eigenvalue weighted by molar-refractivity contribution is -0.136. The molecule has 1 saturated carbocycles. The van der Waals surface area contributed by atoms with Crippen LogP contribution in [0.4, 0.5) is 13.2 Å². The number of rotatable bonds is 3. The fraction of sp³-hybridized carbons (Fsp3) is 1.00. The van der Waals surface area contributed by atoms with Crippen molar-refractivity contribution in [3.8, 4) is 0 Å². The minimum Gasteiger partial charge on any atom is -0.171 e. The third kappa shape index (κ3) is 4.01. The molecule has 0 bridgehead atoms. The molecule has 0 N–H and O–H groups in total. The van der Waals surface area contributed by atoms with E-state index in [9.17, 15) is 13.2 Å². The Morgan fingerprint density at radius 2 is 1.69 bits per heavy atom. The summed E-state index contributed by atoms with van der Waals surface area (Å²) in [5, 5.41) is 0. The number of halogens is 3. The van der Waals surface area contributed by atoms with E-state index < -0.39 is 12.6 Å². The van der Waals surface area contributed by atoms with E-state index in [4.69, 9.17) is 0 Å². The summed E-state index contributed by atoms with van der Waals surface area (Å²) in [5.74, 6) is 0. The molecule has 1 aliphatic rings. The molecule has 0 amide bonds. The van der Waals surface area contributed by atoms with Gasteiger partial charge in [-0.25, -0.2) is 0 Å². The molecular weight excluding hydrogens is 177 g/mol. The summed E-state index contributed by atoms with van der Waals surface area (Å²) < 4.78 is 35.6. The third-order valence-electron chi connectivity index (χ3n) is 3.05. The van der Waals surface area contributed by atoms with Gasteiger partial charge in [-0.1, -0.05) is 19.8 Å². The molecule has 3 heteroatoms. The van der Waals surface area contributed by atoms with Gasteiger partial charge in [0.1, 0.15) is 0 Å². The first-order chi connectivity index (χ1) is 5.91. The Morgan fingerprint density at radius 1 is 1.15 bits per heavy atom. The summed E-state index contributed by atoms with van der Waals surface area (Å²) in [6, 6.07) is 0. The van der Waals surface area contributed by atoms with Crippen LogP contribution in [0.1, 0.15) is 51.9 Å². The van der Waals surface area contributed by atoms with E-state index in [1.54, 1.807) is 0 Å². The van der Waals surface area contributed by atoms with Crippen molar-refractivity contribution in [3.05, 3.63) is 0 Å². The standard InChI is InChI=1S/C10H17F3/c1-9(5-2-3-6-9)7-4-8-10(11,12)13/h2-8H2,1H3. The zero-order valence-electron chi connectivity index (χ0n) is 8.08. The van der Waals surface area contributed by atoms with Gasteiger partial charge in [-0.05, 0) is 31.1 Å². The van der Waals surface area contributed by atoms with Crippen molar-refractivity contribution in [3.63, 3.8) is 0 Å². The van der Waals surface area contributed by atoms with Crippen LogP contribution in [0, 0.1) is 5.41 Å². The van der Waals surface area contributed by atoms with Crippen LogP contribution >= 0.6 is 0 Å². The maximum atomic E-state index is 11.9. The first-order valence-electron chi connectivity index (χ1n) is 4.98. The largest absolute Gasteiger partial charge is 0.389 e. The van der Waals surface area contributed by atoms with Gasteiger partial charge < -0.3 is 0 Å². The van der Waals surface area contributed by atoms with Crippen LogP contribution in [0.2, 0.25) is 0 Å². The average Bonchev–Trinajstić information content (AvgIpc) is 2.33. The molecule has 0 aromatic rings. The second-order valence-electron chi connectivity index (χ2n) is 4.49. The van der Waals surface area contributed by atoms with E-state index in [2.05, 4.69) is 6.92 Å². The fourth-order valence-corrected chi connectivity index (χ4v) is 2.19. The molecule has 0 radical (unpaired) electrons. The van der Waals surface area contributed by atoms with Crippen molar-refractivity contribution in [2.24, 2.45) is 5.41 Å². The monoisotopic (exact) mass is 194 g/mol. The normalized spacial score (nSPS) is 22.2. The number of hydrogen-bond acceptors (Lipinski definition) is 0. The predicted octanol–water partition coefficient (Wildman–Crippen LogP) is 4.30. The van der Waals surface area contributed by atoms with Crippen LogP contribution in [-0.2, 0) is 0 Å². The van der Waals surface area contributed by atoms with E-state index in [1.807, 2.05) is 0 Å². The van der Waals surface area contributed by atoms with Crippen molar-refractivity contribution in [1.29, 1.82) is 0 Å². The summed E-state index contributed by atoms with van der Waals surface area (Å²) >= 11 is 0. The van der Waals surface area contributed by atoms with Crippen molar-refractivity contribution in [2.75, 3.05) is 0 Å². The number of hydrogen-bond donors (Lipinski definition) is 0. The highest BCUT2D eigenvalue weighted by molar-refractivity contribution is 4.80. The van der Waals surface area contributed by atoms with Crippen LogP contribution in [0.5, 0.6) is 0 Å². The molecule has 78 valence electrons. The van der Waals surface area contributed by atoms with Crippen LogP contribution in [0.15, 0.2) is 0 Å². The molecule has 0 heterocycles. The van der Waals surface area contributed by atoms with Crippen molar-refractivity contribution >= 4 is 0 Å². The molecule has 1 rings (SSSR count). The van der Waals surface area contributed by atoms with Gasteiger partial charge in [0.25, 0.3) is 0 Å². The van der Waals surface area contributed by atoms with Gasteiger partial charge in [0.05, 0.1) is 0 Å². The molecule has 0 atom stereocenters. The zero-order valence-corrected chi connectivity index (χ0v) is 8.08. The summed E-state index contributed by atoms with van der Waals surface area (Å²) in [7, 11) is 0. The minimum atomic E-state index is -3.96. The molecule has 0 unspecified atom stereocenters.